The highest BCUT2D eigenvalue weighted by atomic mass is 16.4. The first kappa shape index (κ1) is 19.2. The average molecular weight is 301 g/mol. The van der Waals surface area contributed by atoms with Gasteiger partial charge < -0.3 is 21.5 Å². The second-order valence-corrected chi connectivity index (χ2v) is 5.74. The lowest BCUT2D eigenvalue weighted by Crippen LogP contribution is -2.48. The number of carbonyl (C=O) groups is 3. The molecule has 0 aliphatic rings. The van der Waals surface area contributed by atoms with Gasteiger partial charge in [0, 0.05) is 12.5 Å². The molecule has 3 amide bonds. The predicted octanol–water partition coefficient (Wildman–Crippen LogP) is 1.22. The summed E-state index contributed by atoms with van der Waals surface area (Å²) < 4.78 is 0. The molecule has 0 fully saturated rings. The van der Waals surface area contributed by atoms with Gasteiger partial charge in [0.1, 0.15) is 6.04 Å². The number of aliphatic carboxylic acids is 1. The molecule has 0 spiro atoms. The third-order valence-corrected chi connectivity index (χ3v) is 3.08. The van der Waals surface area contributed by atoms with Crippen LogP contribution in [0, 0.1) is 5.92 Å². The van der Waals surface area contributed by atoms with Crippen LogP contribution in [0.3, 0.4) is 0 Å². The summed E-state index contributed by atoms with van der Waals surface area (Å²) in [6.45, 7) is 6.15. The van der Waals surface area contributed by atoms with Gasteiger partial charge in [-0.15, -0.1) is 0 Å². The van der Waals surface area contributed by atoms with E-state index in [9.17, 15) is 14.4 Å². The Morgan fingerprint density at radius 3 is 2.14 bits per heavy atom. The zero-order valence-corrected chi connectivity index (χ0v) is 13.0. The highest BCUT2D eigenvalue weighted by Crippen LogP contribution is 2.08. The summed E-state index contributed by atoms with van der Waals surface area (Å²) in [5.74, 6) is -1.15. The monoisotopic (exact) mass is 301 g/mol. The van der Waals surface area contributed by atoms with Gasteiger partial charge >= 0.3 is 12.0 Å². The van der Waals surface area contributed by atoms with Gasteiger partial charge in [-0.2, -0.15) is 0 Å². The van der Waals surface area contributed by atoms with Crippen molar-refractivity contribution in [2.75, 3.05) is 0 Å². The second kappa shape index (κ2) is 10.0. The molecule has 5 N–H and O–H groups in total. The molecule has 0 aliphatic heterocycles. The molecule has 2 atom stereocenters. The third-order valence-electron chi connectivity index (χ3n) is 3.08. The number of rotatable bonds is 10. The van der Waals surface area contributed by atoms with Crippen molar-refractivity contribution in [2.24, 2.45) is 11.7 Å². The number of carbonyl (C=O) groups excluding carboxylic acids is 2. The summed E-state index contributed by atoms with van der Waals surface area (Å²) in [7, 11) is 0. The maximum absolute atomic E-state index is 11.7. The average Bonchev–Trinajstić information content (AvgIpc) is 2.33. The molecule has 0 aromatic carbocycles. The number of amides is 3. The first-order valence-electron chi connectivity index (χ1n) is 7.30. The van der Waals surface area contributed by atoms with Gasteiger partial charge in [-0.25, -0.2) is 9.59 Å². The number of carboxylic acid groups (broad SMARTS) is 1. The van der Waals surface area contributed by atoms with Gasteiger partial charge in [-0.3, -0.25) is 4.79 Å². The van der Waals surface area contributed by atoms with Gasteiger partial charge in [0.05, 0.1) is 0 Å². The van der Waals surface area contributed by atoms with Crippen LogP contribution in [0.5, 0.6) is 0 Å². The van der Waals surface area contributed by atoms with E-state index < -0.39 is 23.9 Å². The van der Waals surface area contributed by atoms with E-state index in [-0.39, 0.29) is 18.9 Å². The lowest BCUT2D eigenvalue weighted by atomic mass is 10.0. The maximum atomic E-state index is 11.7. The van der Waals surface area contributed by atoms with E-state index in [4.69, 9.17) is 10.8 Å². The highest BCUT2D eigenvalue weighted by Gasteiger charge is 2.21. The van der Waals surface area contributed by atoms with E-state index in [1.54, 1.807) is 0 Å². The van der Waals surface area contributed by atoms with E-state index in [1.807, 2.05) is 6.92 Å². The number of hydrogen-bond acceptors (Lipinski definition) is 3. The van der Waals surface area contributed by atoms with E-state index in [0.29, 0.717) is 5.92 Å². The molecule has 0 aromatic heterocycles. The lowest BCUT2D eigenvalue weighted by molar-refractivity contribution is -0.139. The van der Waals surface area contributed by atoms with Crippen LogP contribution >= 0.6 is 0 Å². The minimum absolute atomic E-state index is 0.0141. The summed E-state index contributed by atoms with van der Waals surface area (Å²) in [5, 5.41) is 14.0. The normalized spacial score (nSPS) is 13.5. The Labute approximate surface area is 125 Å². The number of carboxylic acids is 1. The Balaban J connectivity index is 4.12. The standard InChI is InChI=1S/C14H27N3O4/c1-9(2)5-4-6-10(3)16-14(21)17-11(13(19)20)7-8-12(15)18/h9-11H,4-8H2,1-3H3,(H2,15,18)(H,19,20)(H2,16,17,21). The topological polar surface area (TPSA) is 122 Å². The largest absolute Gasteiger partial charge is 0.480 e. The van der Waals surface area contributed by atoms with Crippen LogP contribution in [0.25, 0.3) is 0 Å². The molecule has 0 saturated carbocycles. The van der Waals surface area contributed by atoms with Crippen LogP contribution in [0.2, 0.25) is 0 Å². The molecule has 0 aliphatic carbocycles. The number of hydrogen-bond donors (Lipinski definition) is 4. The molecule has 122 valence electrons. The molecule has 2 unspecified atom stereocenters. The van der Waals surface area contributed by atoms with Crippen LogP contribution in [0.4, 0.5) is 4.79 Å². The maximum Gasteiger partial charge on any atom is 0.326 e. The smallest absolute Gasteiger partial charge is 0.326 e. The van der Waals surface area contributed by atoms with E-state index >= 15 is 0 Å². The zero-order valence-electron chi connectivity index (χ0n) is 13.0. The molecule has 0 aromatic rings. The number of primary amides is 1. The fraction of sp³-hybridized carbons (Fsp3) is 0.786. The first-order chi connectivity index (χ1) is 9.72. The molecule has 0 rings (SSSR count). The fourth-order valence-electron chi connectivity index (χ4n) is 1.87. The summed E-state index contributed by atoms with van der Waals surface area (Å²) in [6, 6.07) is -1.68. The molecule has 0 radical (unpaired) electrons. The summed E-state index contributed by atoms with van der Waals surface area (Å²) in [6.07, 6.45) is 2.83. The molecule has 0 bridgehead atoms. The first-order valence-corrected chi connectivity index (χ1v) is 7.30. The zero-order chi connectivity index (χ0) is 16.4. The van der Waals surface area contributed by atoms with Crippen LogP contribution in [-0.2, 0) is 9.59 Å². The van der Waals surface area contributed by atoms with Gasteiger partial charge in [-0.1, -0.05) is 26.7 Å². The van der Waals surface area contributed by atoms with Crippen molar-refractivity contribution < 1.29 is 19.5 Å². The Morgan fingerprint density at radius 2 is 1.67 bits per heavy atom. The van der Waals surface area contributed by atoms with Crippen molar-refractivity contribution in [3.05, 3.63) is 0 Å². The Bertz CT molecular complexity index is 358. The number of urea groups is 1. The molecule has 0 saturated heterocycles. The summed E-state index contributed by atoms with van der Waals surface area (Å²) in [4.78, 5) is 33.4. The van der Waals surface area contributed by atoms with Crippen LogP contribution in [0.1, 0.15) is 52.9 Å². The van der Waals surface area contributed by atoms with Crippen molar-refractivity contribution >= 4 is 17.9 Å². The molecule has 21 heavy (non-hydrogen) atoms. The van der Waals surface area contributed by atoms with Crippen molar-refractivity contribution in [2.45, 2.75) is 65.0 Å². The van der Waals surface area contributed by atoms with Crippen LogP contribution in [0.15, 0.2) is 0 Å². The number of nitrogens with two attached hydrogens (primary N) is 1. The van der Waals surface area contributed by atoms with Gasteiger partial charge in [0.15, 0.2) is 0 Å². The predicted molar refractivity (Wildman–Crippen MR) is 79.7 cm³/mol. The summed E-state index contributed by atoms with van der Waals surface area (Å²) >= 11 is 0. The van der Waals surface area contributed by atoms with Crippen LogP contribution in [-0.4, -0.2) is 35.1 Å². The molecular formula is C14H27N3O4. The highest BCUT2D eigenvalue weighted by molar-refractivity contribution is 5.83. The minimum Gasteiger partial charge on any atom is -0.480 e. The molecular weight excluding hydrogens is 274 g/mol. The summed E-state index contributed by atoms with van der Waals surface area (Å²) in [5.41, 5.74) is 4.97. The van der Waals surface area contributed by atoms with E-state index in [0.717, 1.165) is 19.3 Å². The van der Waals surface area contributed by atoms with Gasteiger partial charge in [-0.05, 0) is 25.7 Å². The van der Waals surface area contributed by atoms with Crippen molar-refractivity contribution in [3.63, 3.8) is 0 Å². The molecule has 7 nitrogen and oxygen atoms in total. The van der Waals surface area contributed by atoms with Gasteiger partial charge in [0.25, 0.3) is 0 Å². The fourth-order valence-corrected chi connectivity index (χ4v) is 1.87. The number of nitrogens with one attached hydrogen (secondary N) is 2. The van der Waals surface area contributed by atoms with Crippen molar-refractivity contribution in [3.8, 4) is 0 Å². The molecule has 0 heterocycles. The quantitative estimate of drug-likeness (QED) is 0.484. The molecule has 7 heteroatoms. The SMILES string of the molecule is CC(C)CCCC(C)NC(=O)NC(CCC(N)=O)C(=O)O. The lowest BCUT2D eigenvalue weighted by Gasteiger charge is -2.18. The third kappa shape index (κ3) is 10.6. The van der Waals surface area contributed by atoms with Crippen molar-refractivity contribution in [1.29, 1.82) is 0 Å². The van der Waals surface area contributed by atoms with Crippen LogP contribution < -0.4 is 16.4 Å². The minimum atomic E-state index is -1.18. The van der Waals surface area contributed by atoms with Crippen molar-refractivity contribution in [1.82, 2.24) is 10.6 Å². The Morgan fingerprint density at radius 1 is 1.05 bits per heavy atom. The second-order valence-electron chi connectivity index (χ2n) is 5.74. The van der Waals surface area contributed by atoms with E-state index in [1.165, 1.54) is 0 Å². The van der Waals surface area contributed by atoms with E-state index in [2.05, 4.69) is 24.5 Å². The Kier molecular flexibility index (Phi) is 9.16. The van der Waals surface area contributed by atoms with Gasteiger partial charge in [0.2, 0.25) is 5.91 Å². The Hall–Kier alpha value is -1.79.